The lowest BCUT2D eigenvalue weighted by Gasteiger charge is -2.21. The Kier molecular flexibility index (Phi) is 29.5. The van der Waals surface area contributed by atoms with E-state index in [1.807, 2.05) is 21.1 Å². The van der Waals surface area contributed by atoms with E-state index in [0.29, 0.717) is 26.4 Å². The van der Waals surface area contributed by atoms with Gasteiger partial charge in [-0.3, -0.25) is 0 Å². The molecule has 0 unspecified atom stereocenters. The second kappa shape index (κ2) is 27.7. The van der Waals surface area contributed by atoms with Gasteiger partial charge in [0.05, 0.1) is 46.2 Å². The average Bonchev–Trinajstić information content (AvgIpc) is 2.73. The summed E-state index contributed by atoms with van der Waals surface area (Å²) in [6.07, 6.45) is 4.28. The molecule has 0 saturated carbocycles. The molecule has 178 valence electrons. The number of likely N-dealkylation sites (N-methyl/N-ethyl adjacent to an activating group) is 2. The van der Waals surface area contributed by atoms with Gasteiger partial charge in [-0.1, -0.05) is 6.42 Å². The quantitative estimate of drug-likeness (QED) is 0.528. The van der Waals surface area contributed by atoms with E-state index in [0.717, 1.165) is 39.5 Å². The van der Waals surface area contributed by atoms with Crippen LogP contribution in [-0.4, -0.2) is 131 Å². The minimum Gasteiger partial charge on any atom is -0.382 e. The molecule has 8 nitrogen and oxygen atoms in total. The molecule has 2 heterocycles. The number of piperidine rings is 1. The molecule has 29 heavy (non-hydrogen) atoms. The number of likely N-dealkylation sites (tertiary alicyclic amines) is 1. The van der Waals surface area contributed by atoms with Crippen molar-refractivity contribution in [1.29, 1.82) is 0 Å². The van der Waals surface area contributed by atoms with Crippen molar-refractivity contribution in [2.75, 3.05) is 121 Å². The van der Waals surface area contributed by atoms with Crippen LogP contribution in [0.3, 0.4) is 0 Å². The van der Waals surface area contributed by atoms with Crippen LogP contribution in [0.2, 0.25) is 0 Å². The van der Waals surface area contributed by atoms with Crippen molar-refractivity contribution in [1.82, 2.24) is 20.4 Å². The maximum Gasteiger partial charge on any atom is 0.0701 e. The van der Waals surface area contributed by atoms with Crippen LogP contribution >= 0.6 is 0 Å². The van der Waals surface area contributed by atoms with Gasteiger partial charge < -0.3 is 39.4 Å². The Bertz CT molecular complexity index is 251. The Morgan fingerprint density at radius 2 is 1.21 bits per heavy atom. The van der Waals surface area contributed by atoms with Crippen LogP contribution in [0.25, 0.3) is 0 Å². The SMILES string of the molecule is CN1CCCCC1.CN1CCOCC1.CNC.CNCCOCCOCCOC. The molecule has 2 fully saturated rings. The van der Waals surface area contributed by atoms with Crippen LogP contribution in [0.1, 0.15) is 19.3 Å². The van der Waals surface area contributed by atoms with Gasteiger partial charge in [-0.05, 0) is 61.2 Å². The Morgan fingerprint density at radius 3 is 1.59 bits per heavy atom. The predicted molar refractivity (Wildman–Crippen MR) is 122 cm³/mol. The molecule has 2 saturated heterocycles. The van der Waals surface area contributed by atoms with Crippen LogP contribution < -0.4 is 10.6 Å². The summed E-state index contributed by atoms with van der Waals surface area (Å²) in [7, 11) is 11.6. The molecule has 0 aromatic rings. The average molecular weight is 423 g/mol. The van der Waals surface area contributed by atoms with Crippen molar-refractivity contribution >= 4 is 0 Å². The molecule has 8 heteroatoms. The van der Waals surface area contributed by atoms with Gasteiger partial charge in [0.1, 0.15) is 0 Å². The summed E-state index contributed by atoms with van der Waals surface area (Å²) in [4.78, 5) is 4.66. The maximum absolute atomic E-state index is 5.23. The lowest BCUT2D eigenvalue weighted by atomic mass is 10.1. The molecule has 2 N–H and O–H groups in total. The van der Waals surface area contributed by atoms with Gasteiger partial charge in [-0.2, -0.15) is 0 Å². The maximum atomic E-state index is 5.23. The van der Waals surface area contributed by atoms with Crippen LogP contribution in [0.4, 0.5) is 0 Å². The van der Waals surface area contributed by atoms with Gasteiger partial charge in [0.15, 0.2) is 0 Å². The zero-order valence-corrected chi connectivity index (χ0v) is 20.1. The van der Waals surface area contributed by atoms with Crippen LogP contribution in [-0.2, 0) is 18.9 Å². The second-order valence-electron chi connectivity index (χ2n) is 7.10. The van der Waals surface area contributed by atoms with Crippen LogP contribution in [0, 0.1) is 0 Å². The first kappa shape index (κ1) is 30.9. The first-order valence-corrected chi connectivity index (χ1v) is 10.9. The number of hydrogen-bond donors (Lipinski definition) is 2. The first-order chi connectivity index (χ1) is 14.1. The van der Waals surface area contributed by atoms with Crippen molar-refractivity contribution in [3.63, 3.8) is 0 Å². The Balaban J connectivity index is 0. The fraction of sp³-hybridized carbons (Fsp3) is 1.00. The molecule has 0 spiro atoms. The molecule has 2 aliphatic rings. The number of nitrogens with zero attached hydrogens (tertiary/aromatic N) is 2. The molecular formula is C21H50N4O4. The summed E-state index contributed by atoms with van der Waals surface area (Å²) < 4.78 is 20.3. The molecule has 0 amide bonds. The molecule has 2 rings (SSSR count). The molecule has 0 aliphatic carbocycles. The van der Waals surface area contributed by atoms with Gasteiger partial charge in [-0.25, -0.2) is 0 Å². The summed E-state index contributed by atoms with van der Waals surface area (Å²) in [5, 5.41) is 5.74. The number of rotatable bonds is 9. The lowest BCUT2D eigenvalue weighted by molar-refractivity contribution is 0.0258. The van der Waals surface area contributed by atoms with E-state index in [1.54, 1.807) is 7.11 Å². The molecule has 2 aliphatic heterocycles. The fourth-order valence-electron chi connectivity index (χ4n) is 2.35. The monoisotopic (exact) mass is 422 g/mol. The minimum absolute atomic E-state index is 0.645. The summed E-state index contributed by atoms with van der Waals surface area (Å²) in [6, 6.07) is 0. The number of nitrogens with one attached hydrogen (secondary N) is 2. The second-order valence-corrected chi connectivity index (χ2v) is 7.10. The van der Waals surface area contributed by atoms with E-state index in [2.05, 4.69) is 34.5 Å². The Morgan fingerprint density at radius 1 is 0.724 bits per heavy atom. The van der Waals surface area contributed by atoms with Crippen molar-refractivity contribution < 1.29 is 18.9 Å². The van der Waals surface area contributed by atoms with E-state index in [-0.39, 0.29) is 0 Å². The molecule has 0 atom stereocenters. The van der Waals surface area contributed by atoms with Gasteiger partial charge in [0.25, 0.3) is 0 Å². The smallest absolute Gasteiger partial charge is 0.0701 e. The molecule has 0 radical (unpaired) electrons. The Hall–Kier alpha value is -0.320. The fourth-order valence-corrected chi connectivity index (χ4v) is 2.35. The zero-order chi connectivity index (χ0) is 22.0. The summed E-state index contributed by atoms with van der Waals surface area (Å²) >= 11 is 0. The van der Waals surface area contributed by atoms with Crippen molar-refractivity contribution in [2.45, 2.75) is 19.3 Å². The van der Waals surface area contributed by atoms with Crippen molar-refractivity contribution in [2.24, 2.45) is 0 Å². The van der Waals surface area contributed by atoms with E-state index in [1.165, 1.54) is 32.4 Å². The largest absolute Gasteiger partial charge is 0.382 e. The number of ether oxygens (including phenoxy) is 4. The van der Waals surface area contributed by atoms with E-state index < -0.39 is 0 Å². The molecular weight excluding hydrogens is 372 g/mol. The van der Waals surface area contributed by atoms with Crippen molar-refractivity contribution in [3.05, 3.63) is 0 Å². The third kappa shape index (κ3) is 30.0. The van der Waals surface area contributed by atoms with Crippen molar-refractivity contribution in [3.8, 4) is 0 Å². The number of methoxy groups -OCH3 is 1. The van der Waals surface area contributed by atoms with E-state index in [4.69, 9.17) is 18.9 Å². The van der Waals surface area contributed by atoms with Gasteiger partial charge in [0, 0.05) is 26.7 Å². The van der Waals surface area contributed by atoms with Gasteiger partial charge >= 0.3 is 0 Å². The third-order valence-corrected chi connectivity index (χ3v) is 4.11. The topological polar surface area (TPSA) is 67.5 Å². The normalized spacial score (nSPS) is 17.2. The summed E-state index contributed by atoms with van der Waals surface area (Å²) in [5.41, 5.74) is 0. The van der Waals surface area contributed by atoms with Gasteiger partial charge in [-0.15, -0.1) is 0 Å². The molecule has 0 aromatic carbocycles. The first-order valence-electron chi connectivity index (χ1n) is 10.9. The zero-order valence-electron chi connectivity index (χ0n) is 20.1. The molecule has 0 aromatic heterocycles. The Labute approximate surface area is 180 Å². The predicted octanol–water partition coefficient (Wildman–Crippen LogP) is 0.772. The standard InChI is InChI=1S/C8H19NO3.C6H13N.C5H11NO.C2H7N/c1-9-3-4-11-7-8-12-6-5-10-2;1-7-5-3-2-4-6-7;1-6-2-4-7-5-3-6;1-3-2/h9H,3-8H2,1-2H3;2-6H2,1H3;2-5H2,1H3;3H,1-2H3. The lowest BCUT2D eigenvalue weighted by Crippen LogP contribution is -2.32. The highest BCUT2D eigenvalue weighted by atomic mass is 16.5. The molecule has 0 bridgehead atoms. The highest BCUT2D eigenvalue weighted by Gasteiger charge is 2.03. The summed E-state index contributed by atoms with van der Waals surface area (Å²) in [5.74, 6) is 0. The number of hydrogen-bond acceptors (Lipinski definition) is 8. The van der Waals surface area contributed by atoms with Crippen LogP contribution in [0.5, 0.6) is 0 Å². The highest BCUT2D eigenvalue weighted by molar-refractivity contribution is 4.58. The van der Waals surface area contributed by atoms with E-state index >= 15 is 0 Å². The number of morpholine rings is 1. The summed E-state index contributed by atoms with van der Waals surface area (Å²) in [6.45, 7) is 10.9. The van der Waals surface area contributed by atoms with E-state index in [9.17, 15) is 0 Å². The van der Waals surface area contributed by atoms with Gasteiger partial charge in [0.2, 0.25) is 0 Å². The minimum atomic E-state index is 0.645. The highest BCUT2D eigenvalue weighted by Crippen LogP contribution is 2.04. The third-order valence-electron chi connectivity index (χ3n) is 4.11. The van der Waals surface area contributed by atoms with Crippen LogP contribution in [0.15, 0.2) is 0 Å².